The summed E-state index contributed by atoms with van der Waals surface area (Å²) in [6, 6.07) is 11.1. The second-order valence-corrected chi connectivity index (χ2v) is 5.05. The molecule has 1 N–H and O–H groups in total. The van der Waals surface area contributed by atoms with Crippen molar-refractivity contribution in [2.45, 2.75) is 13.8 Å². The van der Waals surface area contributed by atoms with Crippen LogP contribution in [-0.4, -0.2) is 30.1 Å². The number of carbonyl (C=O) groups is 2. The molecule has 0 radical (unpaired) electrons. The monoisotopic (exact) mass is 311 g/mol. The van der Waals surface area contributed by atoms with E-state index in [1.54, 1.807) is 26.0 Å². The van der Waals surface area contributed by atoms with Crippen LogP contribution in [0.2, 0.25) is 0 Å². The summed E-state index contributed by atoms with van der Waals surface area (Å²) < 4.78 is 10.1. The van der Waals surface area contributed by atoms with Crippen molar-refractivity contribution in [3.05, 3.63) is 47.5 Å². The van der Waals surface area contributed by atoms with E-state index in [1.165, 1.54) is 0 Å². The van der Waals surface area contributed by atoms with E-state index in [0.717, 1.165) is 21.8 Å². The molecule has 23 heavy (non-hydrogen) atoms. The summed E-state index contributed by atoms with van der Waals surface area (Å²) in [7, 11) is 0. The molecular formula is C18H17NO4. The van der Waals surface area contributed by atoms with E-state index in [0.29, 0.717) is 0 Å². The molecule has 0 saturated carbocycles. The first-order chi connectivity index (χ1) is 11.2. The molecule has 118 valence electrons. The van der Waals surface area contributed by atoms with Crippen molar-refractivity contribution < 1.29 is 19.1 Å². The van der Waals surface area contributed by atoms with Crippen LogP contribution >= 0.6 is 0 Å². The Morgan fingerprint density at radius 3 is 2.13 bits per heavy atom. The third kappa shape index (κ3) is 2.65. The van der Waals surface area contributed by atoms with E-state index in [9.17, 15) is 9.59 Å². The van der Waals surface area contributed by atoms with Crippen LogP contribution < -0.4 is 0 Å². The van der Waals surface area contributed by atoms with Crippen LogP contribution in [0.15, 0.2) is 36.4 Å². The number of carbonyl (C=O) groups excluding carboxylic acids is 2. The molecule has 5 heteroatoms. The van der Waals surface area contributed by atoms with Crippen LogP contribution in [-0.2, 0) is 9.47 Å². The van der Waals surface area contributed by atoms with Crippen LogP contribution in [0.4, 0.5) is 0 Å². The molecule has 1 heterocycles. The lowest BCUT2D eigenvalue weighted by Gasteiger charge is -2.09. The van der Waals surface area contributed by atoms with Crippen molar-refractivity contribution in [3.8, 4) is 0 Å². The van der Waals surface area contributed by atoms with Crippen LogP contribution in [0.25, 0.3) is 21.8 Å². The van der Waals surface area contributed by atoms with Crippen molar-refractivity contribution >= 4 is 33.7 Å². The molecule has 2 aromatic carbocycles. The Morgan fingerprint density at radius 2 is 1.48 bits per heavy atom. The van der Waals surface area contributed by atoms with Gasteiger partial charge in [-0.3, -0.25) is 0 Å². The van der Waals surface area contributed by atoms with Crippen LogP contribution in [0, 0.1) is 0 Å². The van der Waals surface area contributed by atoms with Gasteiger partial charge < -0.3 is 14.5 Å². The number of hydrogen-bond donors (Lipinski definition) is 1. The topological polar surface area (TPSA) is 68.4 Å². The van der Waals surface area contributed by atoms with Gasteiger partial charge in [-0.05, 0) is 32.0 Å². The average molecular weight is 311 g/mol. The molecule has 0 saturated heterocycles. The molecule has 0 spiro atoms. The summed E-state index contributed by atoms with van der Waals surface area (Å²) in [6.45, 7) is 3.94. The minimum Gasteiger partial charge on any atom is -0.462 e. The van der Waals surface area contributed by atoms with Crippen LogP contribution in [0.1, 0.15) is 34.6 Å². The standard InChI is InChI=1S/C18H17NO4/c1-3-22-17(20)13-9-12-11-7-5-6-8-15(11)19-16(12)10-14(13)18(21)23-4-2/h5-10,19H,3-4H2,1-2H3. The summed E-state index contributed by atoms with van der Waals surface area (Å²) in [5, 5.41) is 1.86. The molecule has 0 atom stereocenters. The first kappa shape index (κ1) is 15.1. The van der Waals surface area contributed by atoms with Gasteiger partial charge in [-0.2, -0.15) is 0 Å². The Kier molecular flexibility index (Phi) is 4.02. The van der Waals surface area contributed by atoms with E-state index >= 15 is 0 Å². The highest BCUT2D eigenvalue weighted by atomic mass is 16.5. The number of H-pyrrole nitrogens is 1. The van der Waals surface area contributed by atoms with Crippen molar-refractivity contribution in [1.29, 1.82) is 0 Å². The Bertz CT molecular complexity index is 895. The summed E-state index contributed by atoms with van der Waals surface area (Å²) in [4.78, 5) is 27.7. The summed E-state index contributed by atoms with van der Waals surface area (Å²) in [5.74, 6) is -1.06. The average Bonchev–Trinajstić information content (AvgIpc) is 2.91. The molecule has 0 amide bonds. The molecule has 3 aromatic rings. The number of benzene rings is 2. The van der Waals surface area contributed by atoms with Gasteiger partial charge in [0.2, 0.25) is 0 Å². The maximum Gasteiger partial charge on any atom is 0.339 e. The summed E-state index contributed by atoms with van der Waals surface area (Å²) in [5.41, 5.74) is 2.16. The molecule has 3 rings (SSSR count). The number of ether oxygens (including phenoxy) is 2. The van der Waals surface area contributed by atoms with Crippen molar-refractivity contribution in [3.63, 3.8) is 0 Å². The Balaban J connectivity index is 2.26. The van der Waals surface area contributed by atoms with E-state index in [-0.39, 0.29) is 24.3 Å². The molecule has 0 bridgehead atoms. The van der Waals surface area contributed by atoms with Crippen molar-refractivity contribution in [1.82, 2.24) is 4.98 Å². The predicted octanol–water partition coefficient (Wildman–Crippen LogP) is 3.67. The SMILES string of the molecule is CCOC(=O)c1cc2[nH]c3ccccc3c2cc1C(=O)OCC. The number of esters is 2. The Labute approximate surface area is 133 Å². The molecule has 0 aliphatic carbocycles. The highest BCUT2D eigenvalue weighted by molar-refractivity contribution is 6.13. The molecule has 0 unspecified atom stereocenters. The molecule has 1 aromatic heterocycles. The number of nitrogens with one attached hydrogen (secondary N) is 1. The second-order valence-electron chi connectivity index (χ2n) is 5.05. The van der Waals surface area contributed by atoms with Gasteiger partial charge in [0, 0.05) is 21.8 Å². The highest BCUT2D eigenvalue weighted by Crippen LogP contribution is 2.28. The lowest BCUT2D eigenvalue weighted by Crippen LogP contribution is -2.14. The number of fused-ring (bicyclic) bond motifs is 3. The number of para-hydroxylation sites is 1. The minimum absolute atomic E-state index is 0.212. The van der Waals surface area contributed by atoms with Gasteiger partial charge in [-0.1, -0.05) is 18.2 Å². The normalized spacial score (nSPS) is 10.9. The molecule has 0 aliphatic rings. The van der Waals surface area contributed by atoms with E-state index in [1.807, 2.05) is 24.3 Å². The van der Waals surface area contributed by atoms with E-state index < -0.39 is 11.9 Å². The van der Waals surface area contributed by atoms with Gasteiger partial charge in [0.15, 0.2) is 0 Å². The molecular weight excluding hydrogens is 294 g/mol. The second kappa shape index (κ2) is 6.12. The maximum atomic E-state index is 12.2. The lowest BCUT2D eigenvalue weighted by molar-refractivity contribution is 0.0479. The molecule has 0 fully saturated rings. The first-order valence-electron chi connectivity index (χ1n) is 7.54. The number of hydrogen-bond acceptors (Lipinski definition) is 4. The zero-order valence-electron chi connectivity index (χ0n) is 13.0. The fraction of sp³-hybridized carbons (Fsp3) is 0.222. The number of aromatic amines is 1. The van der Waals surface area contributed by atoms with E-state index in [4.69, 9.17) is 9.47 Å². The quantitative estimate of drug-likeness (QED) is 0.746. The Morgan fingerprint density at radius 1 is 0.870 bits per heavy atom. The fourth-order valence-electron chi connectivity index (χ4n) is 2.65. The lowest BCUT2D eigenvalue weighted by atomic mass is 10.0. The first-order valence-corrected chi connectivity index (χ1v) is 7.54. The van der Waals surface area contributed by atoms with Gasteiger partial charge in [-0.15, -0.1) is 0 Å². The largest absolute Gasteiger partial charge is 0.462 e. The number of aromatic nitrogens is 1. The fourth-order valence-corrected chi connectivity index (χ4v) is 2.65. The van der Waals surface area contributed by atoms with E-state index in [2.05, 4.69) is 4.98 Å². The zero-order chi connectivity index (χ0) is 16.4. The molecule has 0 aliphatic heterocycles. The van der Waals surface area contributed by atoms with Gasteiger partial charge >= 0.3 is 11.9 Å². The van der Waals surface area contributed by atoms with Gasteiger partial charge in [0.25, 0.3) is 0 Å². The summed E-state index contributed by atoms with van der Waals surface area (Å²) in [6.07, 6.45) is 0. The number of rotatable bonds is 4. The molecule has 5 nitrogen and oxygen atoms in total. The minimum atomic E-state index is -0.531. The van der Waals surface area contributed by atoms with Crippen LogP contribution in [0.3, 0.4) is 0 Å². The van der Waals surface area contributed by atoms with Crippen molar-refractivity contribution in [2.75, 3.05) is 13.2 Å². The van der Waals surface area contributed by atoms with Gasteiger partial charge in [0.05, 0.1) is 24.3 Å². The highest BCUT2D eigenvalue weighted by Gasteiger charge is 2.21. The third-order valence-electron chi connectivity index (χ3n) is 3.63. The zero-order valence-corrected chi connectivity index (χ0v) is 13.0. The smallest absolute Gasteiger partial charge is 0.339 e. The van der Waals surface area contributed by atoms with Crippen molar-refractivity contribution in [2.24, 2.45) is 0 Å². The van der Waals surface area contributed by atoms with Gasteiger partial charge in [-0.25, -0.2) is 9.59 Å². The summed E-state index contributed by atoms with van der Waals surface area (Å²) >= 11 is 0. The predicted molar refractivity (Wildman–Crippen MR) is 87.7 cm³/mol. The van der Waals surface area contributed by atoms with Crippen LogP contribution in [0.5, 0.6) is 0 Å². The Hall–Kier alpha value is -2.82. The third-order valence-corrected chi connectivity index (χ3v) is 3.63. The maximum absolute atomic E-state index is 12.2. The van der Waals surface area contributed by atoms with Gasteiger partial charge in [0.1, 0.15) is 0 Å².